The van der Waals surface area contributed by atoms with Gasteiger partial charge in [-0.05, 0) is 61.7 Å². The number of hydrogen-bond acceptors (Lipinski definition) is 7. The SMILES string of the molecule is CCOc1cc(C=Nn2c(C3CCCCC3)nc3ccc(Br)cc3c2=O)cc([N+](=O)[O-])c1OCc1ccc(Br)cc1. The van der Waals surface area contributed by atoms with Crippen LogP contribution in [0.4, 0.5) is 5.69 Å². The zero-order valence-corrected chi connectivity index (χ0v) is 25.6. The van der Waals surface area contributed by atoms with Gasteiger partial charge in [-0.25, -0.2) is 4.98 Å². The van der Waals surface area contributed by atoms with Gasteiger partial charge in [0.1, 0.15) is 12.4 Å². The van der Waals surface area contributed by atoms with Crippen LogP contribution in [-0.4, -0.2) is 27.4 Å². The van der Waals surface area contributed by atoms with E-state index in [0.717, 1.165) is 46.6 Å². The van der Waals surface area contributed by atoms with E-state index < -0.39 is 4.92 Å². The van der Waals surface area contributed by atoms with E-state index in [4.69, 9.17) is 14.5 Å². The van der Waals surface area contributed by atoms with Gasteiger partial charge in [0.05, 0.1) is 28.6 Å². The number of hydrogen-bond donors (Lipinski definition) is 0. The summed E-state index contributed by atoms with van der Waals surface area (Å²) in [7, 11) is 0. The monoisotopic (exact) mass is 682 g/mol. The molecule has 5 rings (SSSR count). The zero-order valence-electron chi connectivity index (χ0n) is 22.4. The van der Waals surface area contributed by atoms with E-state index in [1.165, 1.54) is 17.0 Å². The van der Waals surface area contributed by atoms with Crippen molar-refractivity contribution in [3.8, 4) is 11.5 Å². The van der Waals surface area contributed by atoms with E-state index in [1.807, 2.05) is 36.4 Å². The van der Waals surface area contributed by atoms with Crippen LogP contribution in [0.2, 0.25) is 0 Å². The molecule has 0 radical (unpaired) electrons. The Balaban J connectivity index is 1.56. The van der Waals surface area contributed by atoms with E-state index in [-0.39, 0.29) is 41.9 Å². The van der Waals surface area contributed by atoms with E-state index in [0.29, 0.717) is 22.3 Å². The molecule has 1 fully saturated rings. The first-order chi connectivity index (χ1) is 19.8. The molecular weight excluding hydrogens is 656 g/mol. The smallest absolute Gasteiger partial charge is 0.315 e. The Bertz CT molecular complexity index is 1660. The standard InChI is InChI=1S/C30H28Br2N4O5/c1-2-40-27-15-20(14-26(36(38)39)28(27)41-18-19-8-10-22(31)11-9-19)17-33-35-29(21-6-4-3-5-7-21)34-25-13-12-23(32)16-24(25)30(35)37/h8-17,21H,2-7,18H2,1H3. The molecule has 1 aliphatic carbocycles. The Morgan fingerprint density at radius 2 is 1.78 bits per heavy atom. The van der Waals surface area contributed by atoms with Crippen molar-refractivity contribution in [2.75, 3.05) is 6.61 Å². The maximum atomic E-state index is 13.6. The van der Waals surface area contributed by atoms with Crippen molar-refractivity contribution in [3.63, 3.8) is 0 Å². The summed E-state index contributed by atoms with van der Waals surface area (Å²) in [5.41, 5.74) is 1.32. The average molecular weight is 684 g/mol. The third-order valence-corrected chi connectivity index (χ3v) is 8.00. The van der Waals surface area contributed by atoms with E-state index in [2.05, 4.69) is 37.0 Å². The maximum Gasteiger partial charge on any atom is 0.315 e. The predicted molar refractivity (Wildman–Crippen MR) is 165 cm³/mol. The molecule has 0 amide bonds. The Morgan fingerprint density at radius 3 is 2.49 bits per heavy atom. The van der Waals surface area contributed by atoms with Crippen molar-refractivity contribution in [1.82, 2.24) is 9.66 Å². The minimum Gasteiger partial charge on any atom is -0.490 e. The number of aromatic nitrogens is 2. The van der Waals surface area contributed by atoms with Crippen LogP contribution in [0.1, 0.15) is 61.9 Å². The molecule has 0 saturated heterocycles. The molecule has 0 N–H and O–H groups in total. The Kier molecular flexibility index (Phi) is 9.14. The van der Waals surface area contributed by atoms with Gasteiger partial charge < -0.3 is 9.47 Å². The van der Waals surface area contributed by atoms with Gasteiger partial charge in [0.25, 0.3) is 5.56 Å². The molecular formula is C30H28Br2N4O5. The first-order valence-electron chi connectivity index (χ1n) is 13.4. The van der Waals surface area contributed by atoms with Gasteiger partial charge in [-0.1, -0.05) is 63.3 Å². The summed E-state index contributed by atoms with van der Waals surface area (Å²) in [6.45, 7) is 2.20. The fourth-order valence-corrected chi connectivity index (χ4v) is 5.61. The lowest BCUT2D eigenvalue weighted by molar-refractivity contribution is -0.386. The number of nitro benzene ring substituents is 1. The van der Waals surface area contributed by atoms with Crippen molar-refractivity contribution in [2.24, 2.45) is 5.10 Å². The summed E-state index contributed by atoms with van der Waals surface area (Å²) in [6, 6.07) is 15.9. The van der Waals surface area contributed by atoms with Crippen LogP contribution in [0.15, 0.2) is 73.4 Å². The van der Waals surface area contributed by atoms with Gasteiger partial charge in [0, 0.05) is 26.5 Å². The minimum absolute atomic E-state index is 0.0363. The summed E-state index contributed by atoms with van der Waals surface area (Å²) in [4.78, 5) is 30.1. The molecule has 0 unspecified atom stereocenters. The molecule has 41 heavy (non-hydrogen) atoms. The van der Waals surface area contributed by atoms with E-state index in [1.54, 1.807) is 19.1 Å². The second-order valence-corrected chi connectivity index (χ2v) is 11.6. The van der Waals surface area contributed by atoms with Crippen LogP contribution in [0.5, 0.6) is 11.5 Å². The van der Waals surface area contributed by atoms with Crippen LogP contribution in [-0.2, 0) is 6.61 Å². The number of nitrogens with zero attached hydrogens (tertiary/aromatic N) is 4. The molecule has 4 aromatic rings. The average Bonchev–Trinajstić information content (AvgIpc) is 2.97. The van der Waals surface area contributed by atoms with E-state index in [9.17, 15) is 14.9 Å². The van der Waals surface area contributed by atoms with Crippen LogP contribution in [0.25, 0.3) is 10.9 Å². The lowest BCUT2D eigenvalue weighted by atomic mass is 9.88. The highest BCUT2D eigenvalue weighted by Crippen LogP contribution is 2.39. The van der Waals surface area contributed by atoms with Crippen LogP contribution < -0.4 is 15.0 Å². The van der Waals surface area contributed by atoms with Crippen LogP contribution in [0, 0.1) is 10.1 Å². The van der Waals surface area contributed by atoms with Gasteiger partial charge in [-0.2, -0.15) is 9.78 Å². The summed E-state index contributed by atoms with van der Waals surface area (Å²) >= 11 is 6.84. The lowest BCUT2D eigenvalue weighted by Gasteiger charge is -2.22. The van der Waals surface area contributed by atoms with Crippen LogP contribution in [0.3, 0.4) is 0 Å². The normalized spacial score (nSPS) is 14.0. The first kappa shape index (κ1) is 28.9. The van der Waals surface area contributed by atoms with Crippen molar-refractivity contribution in [2.45, 2.75) is 51.6 Å². The van der Waals surface area contributed by atoms with Gasteiger partial charge in [0.15, 0.2) is 5.75 Å². The molecule has 0 atom stereocenters. The third kappa shape index (κ3) is 6.68. The molecule has 0 aliphatic heterocycles. The van der Waals surface area contributed by atoms with Gasteiger partial charge >= 0.3 is 5.69 Å². The number of halogens is 2. The molecule has 1 heterocycles. The Morgan fingerprint density at radius 1 is 1.05 bits per heavy atom. The highest BCUT2D eigenvalue weighted by molar-refractivity contribution is 9.10. The number of ether oxygens (including phenoxy) is 2. The van der Waals surface area contributed by atoms with Crippen molar-refractivity contribution >= 4 is 54.7 Å². The van der Waals surface area contributed by atoms with Gasteiger partial charge in [-0.15, -0.1) is 0 Å². The first-order valence-corrected chi connectivity index (χ1v) is 15.0. The van der Waals surface area contributed by atoms with Crippen molar-refractivity contribution in [1.29, 1.82) is 0 Å². The Hall–Kier alpha value is -3.57. The largest absolute Gasteiger partial charge is 0.490 e. The second kappa shape index (κ2) is 12.9. The molecule has 212 valence electrons. The minimum atomic E-state index is -0.508. The molecule has 9 nitrogen and oxygen atoms in total. The molecule has 1 aliphatic rings. The highest BCUT2D eigenvalue weighted by Gasteiger charge is 2.24. The van der Waals surface area contributed by atoms with Crippen molar-refractivity contribution < 1.29 is 14.4 Å². The highest BCUT2D eigenvalue weighted by atomic mass is 79.9. The van der Waals surface area contributed by atoms with Crippen LogP contribution >= 0.6 is 31.9 Å². The maximum absolute atomic E-state index is 13.6. The number of fused-ring (bicyclic) bond motifs is 1. The predicted octanol–water partition coefficient (Wildman–Crippen LogP) is 7.74. The number of benzene rings is 3. The topological polar surface area (TPSA) is 109 Å². The van der Waals surface area contributed by atoms with E-state index >= 15 is 0 Å². The lowest BCUT2D eigenvalue weighted by Crippen LogP contribution is -2.25. The zero-order chi connectivity index (χ0) is 28.9. The van der Waals surface area contributed by atoms with Crippen molar-refractivity contribution in [3.05, 3.63) is 101 Å². The molecule has 1 saturated carbocycles. The van der Waals surface area contributed by atoms with Gasteiger partial charge in [0.2, 0.25) is 5.75 Å². The summed E-state index contributed by atoms with van der Waals surface area (Å²) in [6.07, 6.45) is 6.57. The summed E-state index contributed by atoms with van der Waals surface area (Å²) < 4.78 is 14.7. The molecule has 1 aromatic heterocycles. The van der Waals surface area contributed by atoms with Gasteiger partial charge in [-0.3, -0.25) is 14.9 Å². The molecule has 0 spiro atoms. The number of rotatable bonds is 9. The molecule has 0 bridgehead atoms. The summed E-state index contributed by atoms with van der Waals surface area (Å²) in [5, 5.41) is 17.1. The fraction of sp³-hybridized carbons (Fsp3) is 0.300. The Labute approximate surface area is 253 Å². The second-order valence-electron chi connectivity index (χ2n) is 9.80. The fourth-order valence-electron chi connectivity index (χ4n) is 4.99. The number of nitro groups is 1. The summed E-state index contributed by atoms with van der Waals surface area (Å²) in [5.74, 6) is 0.967. The molecule has 3 aromatic carbocycles. The molecule has 11 heteroatoms. The quantitative estimate of drug-likeness (QED) is 0.101. The third-order valence-electron chi connectivity index (χ3n) is 6.98.